The minimum atomic E-state index is 0.676. The summed E-state index contributed by atoms with van der Waals surface area (Å²) < 4.78 is 5.61. The Balaban J connectivity index is 0.000000143. The highest BCUT2D eigenvalue weighted by atomic mass is 32.1. The number of aromatic amines is 1. The maximum atomic E-state index is 5.61. The topological polar surface area (TPSA) is 37.9 Å². The zero-order valence-electron chi connectivity index (χ0n) is 16.1. The molecular formula is C25H24N2OS. The van der Waals surface area contributed by atoms with Crippen LogP contribution in [0, 0.1) is 0 Å². The first-order valence-electron chi connectivity index (χ1n) is 9.43. The highest BCUT2D eigenvalue weighted by molar-refractivity contribution is 7.07. The Bertz CT molecular complexity index is 941. The van der Waals surface area contributed by atoms with Crippen LogP contribution in [0.4, 0.5) is 0 Å². The first-order valence-corrected chi connectivity index (χ1v) is 10.4. The molecule has 0 saturated carbocycles. The molecule has 2 aromatic heterocycles. The summed E-state index contributed by atoms with van der Waals surface area (Å²) in [6, 6.07) is 32.4. The van der Waals surface area contributed by atoms with Gasteiger partial charge in [-0.25, -0.2) is 4.98 Å². The van der Waals surface area contributed by atoms with E-state index in [2.05, 4.69) is 34.2 Å². The Hall–Kier alpha value is -3.21. The fourth-order valence-electron chi connectivity index (χ4n) is 2.54. The standard InChI is InChI=1S/C14H14O.C7H6N2.C4H4S/c1-3-7-13(8-4-1)11-15-12-14-9-5-2-6-10-14;1-2-4-7-6(3-1)8-5-9-7;1-2-4-5-3-1/h1-10H,11-12H2;1-5H,(H,8,9);1-4H. The van der Waals surface area contributed by atoms with Crippen molar-refractivity contribution in [3.63, 3.8) is 0 Å². The van der Waals surface area contributed by atoms with Gasteiger partial charge < -0.3 is 9.72 Å². The van der Waals surface area contributed by atoms with Crippen LogP contribution in [0.2, 0.25) is 0 Å². The van der Waals surface area contributed by atoms with Crippen molar-refractivity contribution < 1.29 is 4.74 Å². The van der Waals surface area contributed by atoms with E-state index in [1.807, 2.05) is 83.6 Å². The van der Waals surface area contributed by atoms with E-state index >= 15 is 0 Å². The van der Waals surface area contributed by atoms with Gasteiger partial charge in [-0.2, -0.15) is 11.3 Å². The van der Waals surface area contributed by atoms with Gasteiger partial charge in [0, 0.05) is 0 Å². The molecule has 0 saturated heterocycles. The maximum Gasteiger partial charge on any atom is 0.0931 e. The third-order valence-corrected chi connectivity index (χ3v) is 4.60. The van der Waals surface area contributed by atoms with E-state index in [0.717, 1.165) is 11.0 Å². The molecule has 0 aliphatic rings. The molecule has 5 rings (SSSR count). The van der Waals surface area contributed by atoms with Crippen molar-refractivity contribution >= 4 is 22.4 Å². The normalized spacial score (nSPS) is 9.79. The monoisotopic (exact) mass is 400 g/mol. The van der Waals surface area contributed by atoms with Gasteiger partial charge >= 0.3 is 0 Å². The Kier molecular flexibility index (Phi) is 8.70. The quantitative estimate of drug-likeness (QED) is 0.364. The average molecular weight is 401 g/mol. The van der Waals surface area contributed by atoms with Crippen molar-refractivity contribution in [2.24, 2.45) is 0 Å². The van der Waals surface area contributed by atoms with Crippen LogP contribution < -0.4 is 0 Å². The van der Waals surface area contributed by atoms with E-state index in [-0.39, 0.29) is 0 Å². The van der Waals surface area contributed by atoms with Gasteiger partial charge in [-0.05, 0) is 34.0 Å². The fourth-order valence-corrected chi connectivity index (χ4v) is 3.00. The van der Waals surface area contributed by atoms with E-state index < -0.39 is 0 Å². The molecule has 0 bridgehead atoms. The Morgan fingerprint density at radius 3 is 1.72 bits per heavy atom. The van der Waals surface area contributed by atoms with E-state index in [1.165, 1.54) is 11.1 Å². The third-order valence-electron chi connectivity index (χ3n) is 3.98. The zero-order valence-corrected chi connectivity index (χ0v) is 17.0. The smallest absolute Gasteiger partial charge is 0.0931 e. The number of ether oxygens (including phenoxy) is 1. The van der Waals surface area contributed by atoms with Crippen molar-refractivity contribution in [3.8, 4) is 0 Å². The lowest BCUT2D eigenvalue weighted by atomic mass is 10.2. The Morgan fingerprint density at radius 1 is 0.655 bits per heavy atom. The van der Waals surface area contributed by atoms with Crippen LogP contribution in [0.1, 0.15) is 11.1 Å². The molecule has 3 nitrogen and oxygen atoms in total. The molecule has 0 amide bonds. The summed E-state index contributed by atoms with van der Waals surface area (Å²) in [5.74, 6) is 0. The molecule has 146 valence electrons. The van der Waals surface area contributed by atoms with Crippen molar-refractivity contribution in [2.75, 3.05) is 0 Å². The summed E-state index contributed by atoms with van der Waals surface area (Å²) in [4.78, 5) is 7.07. The number of hydrogen-bond donors (Lipinski definition) is 1. The first kappa shape index (κ1) is 20.5. The number of imidazole rings is 1. The second-order valence-corrected chi connectivity index (χ2v) is 6.99. The first-order chi connectivity index (χ1) is 14.4. The van der Waals surface area contributed by atoms with E-state index in [9.17, 15) is 0 Å². The Labute approximate surface area is 175 Å². The van der Waals surface area contributed by atoms with Crippen LogP contribution in [0.25, 0.3) is 11.0 Å². The molecule has 1 N–H and O–H groups in total. The van der Waals surface area contributed by atoms with Crippen molar-refractivity contribution in [1.29, 1.82) is 0 Å². The molecule has 3 aromatic carbocycles. The number of para-hydroxylation sites is 2. The summed E-state index contributed by atoms with van der Waals surface area (Å²) in [5.41, 5.74) is 4.55. The summed E-state index contributed by atoms with van der Waals surface area (Å²) in [5, 5.41) is 4.08. The number of nitrogens with one attached hydrogen (secondary N) is 1. The summed E-state index contributed by atoms with van der Waals surface area (Å²) in [6.07, 6.45) is 1.70. The molecule has 0 spiro atoms. The molecule has 5 aromatic rings. The van der Waals surface area contributed by atoms with Gasteiger partial charge in [0.15, 0.2) is 0 Å². The van der Waals surface area contributed by atoms with Crippen LogP contribution in [0.3, 0.4) is 0 Å². The molecule has 0 aliphatic heterocycles. The van der Waals surface area contributed by atoms with Crippen molar-refractivity contribution in [2.45, 2.75) is 13.2 Å². The van der Waals surface area contributed by atoms with Crippen LogP contribution in [0.5, 0.6) is 0 Å². The lowest BCUT2D eigenvalue weighted by Gasteiger charge is -2.03. The van der Waals surface area contributed by atoms with Gasteiger partial charge in [0.1, 0.15) is 0 Å². The summed E-state index contributed by atoms with van der Waals surface area (Å²) >= 11 is 1.71. The van der Waals surface area contributed by atoms with Gasteiger partial charge in [0.2, 0.25) is 0 Å². The lowest BCUT2D eigenvalue weighted by Crippen LogP contribution is -1.93. The third kappa shape index (κ3) is 7.74. The minimum absolute atomic E-state index is 0.676. The predicted octanol–water partition coefficient (Wildman–Crippen LogP) is 6.71. The van der Waals surface area contributed by atoms with E-state index in [1.54, 1.807) is 17.7 Å². The average Bonchev–Trinajstić information content (AvgIpc) is 3.51. The molecule has 2 heterocycles. The number of nitrogens with zero attached hydrogens (tertiary/aromatic N) is 1. The molecular weight excluding hydrogens is 376 g/mol. The minimum Gasteiger partial charge on any atom is -0.372 e. The highest BCUT2D eigenvalue weighted by Crippen LogP contribution is 2.06. The SMILES string of the molecule is c1ccc(COCc2ccccc2)cc1.c1ccc2[nH]cnc2c1.c1ccsc1. The molecule has 4 heteroatoms. The van der Waals surface area contributed by atoms with Gasteiger partial charge in [-0.15, -0.1) is 0 Å². The van der Waals surface area contributed by atoms with Crippen LogP contribution in [0.15, 0.2) is 114 Å². The lowest BCUT2D eigenvalue weighted by molar-refractivity contribution is 0.107. The number of aromatic nitrogens is 2. The predicted molar refractivity (Wildman–Crippen MR) is 122 cm³/mol. The largest absolute Gasteiger partial charge is 0.372 e. The van der Waals surface area contributed by atoms with Gasteiger partial charge in [-0.1, -0.05) is 84.9 Å². The number of fused-ring (bicyclic) bond motifs is 1. The number of thiophene rings is 1. The molecule has 0 unspecified atom stereocenters. The van der Waals surface area contributed by atoms with Gasteiger partial charge in [0.05, 0.1) is 30.6 Å². The van der Waals surface area contributed by atoms with E-state index in [0.29, 0.717) is 13.2 Å². The molecule has 0 radical (unpaired) electrons. The molecule has 0 aliphatic carbocycles. The van der Waals surface area contributed by atoms with Crippen LogP contribution in [-0.2, 0) is 18.0 Å². The van der Waals surface area contributed by atoms with Crippen LogP contribution >= 0.6 is 11.3 Å². The zero-order chi connectivity index (χ0) is 20.0. The van der Waals surface area contributed by atoms with Gasteiger partial charge in [0.25, 0.3) is 0 Å². The number of rotatable bonds is 4. The number of benzene rings is 3. The molecule has 29 heavy (non-hydrogen) atoms. The van der Waals surface area contributed by atoms with Gasteiger partial charge in [-0.3, -0.25) is 0 Å². The second kappa shape index (κ2) is 12.3. The van der Waals surface area contributed by atoms with Crippen LogP contribution in [-0.4, -0.2) is 9.97 Å². The number of H-pyrrole nitrogens is 1. The maximum absolute atomic E-state index is 5.61. The molecule has 0 atom stereocenters. The van der Waals surface area contributed by atoms with Crippen molar-refractivity contribution in [1.82, 2.24) is 9.97 Å². The fraction of sp³-hybridized carbons (Fsp3) is 0.0800. The second-order valence-electron chi connectivity index (χ2n) is 6.18. The van der Waals surface area contributed by atoms with E-state index in [4.69, 9.17) is 4.74 Å². The number of hydrogen-bond acceptors (Lipinski definition) is 3. The highest BCUT2D eigenvalue weighted by Gasteiger charge is 1.93. The van der Waals surface area contributed by atoms with Crippen molar-refractivity contribution in [3.05, 3.63) is 125 Å². The summed E-state index contributed by atoms with van der Waals surface area (Å²) in [6.45, 7) is 1.35. The Morgan fingerprint density at radius 2 is 1.21 bits per heavy atom. The molecule has 0 fully saturated rings. The summed E-state index contributed by atoms with van der Waals surface area (Å²) in [7, 11) is 0.